The van der Waals surface area contributed by atoms with Crippen LogP contribution in [0.1, 0.15) is 37.3 Å². The highest BCUT2D eigenvalue weighted by Gasteiger charge is 2.28. The van der Waals surface area contributed by atoms with Crippen LogP contribution in [0.2, 0.25) is 0 Å². The van der Waals surface area contributed by atoms with Crippen LogP contribution in [-0.2, 0) is 16.1 Å². The highest BCUT2D eigenvalue weighted by molar-refractivity contribution is 8.05. The number of nitrogens with one attached hydrogen (secondary N) is 2. The van der Waals surface area contributed by atoms with Crippen molar-refractivity contribution in [3.05, 3.63) is 64.3 Å². The Morgan fingerprint density at radius 1 is 1.23 bits per heavy atom. The standard InChI is InChI=1S/C23H24N4O2S/c1-14-9-16(19-11-22(26-13-25-19)27-15(2)28)7-8-18(14)12-24-23(29)21-10-17-5-3-4-6-20(17)30-21/h6-11,13,21H,3-5,12H2,1-2H3,(H,24,29)(H,25,26,27,28). The fourth-order valence-corrected chi connectivity index (χ4v) is 4.88. The lowest BCUT2D eigenvalue weighted by Crippen LogP contribution is -2.30. The summed E-state index contributed by atoms with van der Waals surface area (Å²) in [6.07, 6.45) is 9.16. The van der Waals surface area contributed by atoms with E-state index >= 15 is 0 Å². The third-order valence-corrected chi connectivity index (χ3v) is 6.51. The fraction of sp³-hybridized carbons (Fsp3) is 0.304. The molecular formula is C23H24N4O2S. The number of allylic oxidation sites excluding steroid dienone is 2. The summed E-state index contributed by atoms with van der Waals surface area (Å²) in [4.78, 5) is 33.5. The van der Waals surface area contributed by atoms with Gasteiger partial charge in [-0.05, 0) is 49.0 Å². The SMILES string of the molecule is CC(=O)Nc1cc(-c2ccc(CNC(=O)C3C=C4CCCC=C4S3)c(C)c2)ncn1. The number of hydrogen-bond donors (Lipinski definition) is 2. The van der Waals surface area contributed by atoms with Crippen LogP contribution in [0.25, 0.3) is 11.3 Å². The summed E-state index contributed by atoms with van der Waals surface area (Å²) in [5.41, 5.74) is 5.13. The average Bonchev–Trinajstić information content (AvgIpc) is 3.17. The van der Waals surface area contributed by atoms with Crippen molar-refractivity contribution in [2.24, 2.45) is 0 Å². The fourth-order valence-electron chi connectivity index (χ4n) is 3.65. The topological polar surface area (TPSA) is 84.0 Å². The number of nitrogens with zero attached hydrogens (tertiary/aromatic N) is 2. The van der Waals surface area contributed by atoms with Crippen LogP contribution in [-0.4, -0.2) is 27.0 Å². The van der Waals surface area contributed by atoms with Crippen LogP contribution in [0.4, 0.5) is 5.82 Å². The molecule has 1 aliphatic heterocycles. The molecule has 1 atom stereocenters. The van der Waals surface area contributed by atoms with Gasteiger partial charge in [-0.1, -0.05) is 24.3 Å². The van der Waals surface area contributed by atoms with E-state index < -0.39 is 0 Å². The number of benzene rings is 1. The van der Waals surface area contributed by atoms with Crippen molar-refractivity contribution >= 4 is 29.4 Å². The minimum Gasteiger partial charge on any atom is -0.351 e. The predicted octanol–water partition coefficient (Wildman–Crippen LogP) is 4.14. The van der Waals surface area contributed by atoms with E-state index in [1.807, 2.05) is 25.1 Å². The van der Waals surface area contributed by atoms with E-state index in [2.05, 4.69) is 32.8 Å². The molecule has 0 bridgehead atoms. The summed E-state index contributed by atoms with van der Waals surface area (Å²) in [5.74, 6) is 0.357. The summed E-state index contributed by atoms with van der Waals surface area (Å²) >= 11 is 1.66. The minimum atomic E-state index is -0.173. The second-order valence-corrected chi connectivity index (χ2v) is 8.70. The third-order valence-electron chi connectivity index (χ3n) is 5.22. The first-order chi connectivity index (χ1) is 14.5. The van der Waals surface area contributed by atoms with E-state index in [1.54, 1.807) is 17.8 Å². The molecule has 2 aliphatic rings. The molecule has 1 unspecified atom stereocenters. The number of hydrogen-bond acceptors (Lipinski definition) is 5. The maximum atomic E-state index is 12.6. The van der Waals surface area contributed by atoms with Crippen molar-refractivity contribution in [3.63, 3.8) is 0 Å². The third kappa shape index (κ3) is 4.62. The van der Waals surface area contributed by atoms with Crippen molar-refractivity contribution in [2.45, 2.75) is 44.9 Å². The lowest BCUT2D eigenvalue weighted by molar-refractivity contribution is -0.120. The number of fused-ring (bicyclic) bond motifs is 1. The molecule has 1 aromatic carbocycles. The van der Waals surface area contributed by atoms with Crippen LogP contribution in [0.3, 0.4) is 0 Å². The number of carbonyl (C=O) groups excluding carboxylic acids is 2. The first-order valence-corrected chi connectivity index (χ1v) is 10.9. The summed E-state index contributed by atoms with van der Waals surface area (Å²) in [6, 6.07) is 7.76. The van der Waals surface area contributed by atoms with E-state index in [-0.39, 0.29) is 17.1 Å². The van der Waals surface area contributed by atoms with Crippen molar-refractivity contribution in [3.8, 4) is 11.3 Å². The number of carbonyl (C=O) groups is 2. The molecule has 2 N–H and O–H groups in total. The van der Waals surface area contributed by atoms with Crippen LogP contribution < -0.4 is 10.6 Å². The van der Waals surface area contributed by atoms with Crippen molar-refractivity contribution in [2.75, 3.05) is 5.32 Å². The molecule has 2 heterocycles. The Labute approximate surface area is 180 Å². The van der Waals surface area contributed by atoms with Gasteiger partial charge in [-0.3, -0.25) is 9.59 Å². The number of rotatable bonds is 5. The number of amides is 2. The van der Waals surface area contributed by atoms with Crippen LogP contribution in [0, 0.1) is 6.92 Å². The van der Waals surface area contributed by atoms with Crippen molar-refractivity contribution < 1.29 is 9.59 Å². The quantitative estimate of drug-likeness (QED) is 0.760. The average molecular weight is 421 g/mol. The zero-order chi connectivity index (χ0) is 21.1. The molecule has 0 radical (unpaired) electrons. The van der Waals surface area contributed by atoms with Gasteiger partial charge in [-0.2, -0.15) is 0 Å². The van der Waals surface area contributed by atoms with Gasteiger partial charge in [-0.25, -0.2) is 9.97 Å². The molecule has 1 aliphatic carbocycles. The van der Waals surface area contributed by atoms with Gasteiger partial charge in [0, 0.05) is 30.0 Å². The molecule has 0 spiro atoms. The zero-order valence-corrected chi connectivity index (χ0v) is 17.9. The molecule has 2 amide bonds. The van der Waals surface area contributed by atoms with Crippen molar-refractivity contribution in [1.82, 2.24) is 15.3 Å². The summed E-state index contributed by atoms with van der Waals surface area (Å²) in [5, 5.41) is 5.62. The molecular weight excluding hydrogens is 396 g/mol. The summed E-state index contributed by atoms with van der Waals surface area (Å²) in [7, 11) is 0. The van der Waals surface area contributed by atoms with Crippen LogP contribution in [0.15, 0.2) is 53.2 Å². The largest absolute Gasteiger partial charge is 0.351 e. The molecule has 7 heteroatoms. The maximum Gasteiger partial charge on any atom is 0.237 e. The molecule has 1 aromatic heterocycles. The molecule has 154 valence electrons. The monoisotopic (exact) mass is 420 g/mol. The molecule has 6 nitrogen and oxygen atoms in total. The Morgan fingerprint density at radius 2 is 2.10 bits per heavy atom. The zero-order valence-electron chi connectivity index (χ0n) is 17.1. The highest BCUT2D eigenvalue weighted by Crippen LogP contribution is 2.42. The van der Waals surface area contributed by atoms with Gasteiger partial charge in [0.25, 0.3) is 0 Å². The Kier molecular flexibility index (Phi) is 5.99. The first kappa shape index (κ1) is 20.3. The van der Waals surface area contributed by atoms with Gasteiger partial charge in [0.2, 0.25) is 11.8 Å². The highest BCUT2D eigenvalue weighted by atomic mass is 32.2. The Morgan fingerprint density at radius 3 is 2.87 bits per heavy atom. The minimum absolute atomic E-state index is 0.0574. The van der Waals surface area contributed by atoms with Gasteiger partial charge < -0.3 is 10.6 Å². The van der Waals surface area contributed by atoms with Gasteiger partial charge >= 0.3 is 0 Å². The molecule has 0 saturated carbocycles. The Hall–Kier alpha value is -2.93. The first-order valence-electron chi connectivity index (χ1n) is 10.0. The van der Waals surface area contributed by atoms with Crippen LogP contribution in [0.5, 0.6) is 0 Å². The normalized spacial score (nSPS) is 17.6. The smallest absolute Gasteiger partial charge is 0.237 e. The maximum absolute atomic E-state index is 12.6. The Bertz CT molecular complexity index is 1060. The number of aryl methyl sites for hydroxylation is 1. The van der Waals surface area contributed by atoms with E-state index in [0.29, 0.717) is 12.4 Å². The van der Waals surface area contributed by atoms with Crippen LogP contribution >= 0.6 is 11.8 Å². The number of aromatic nitrogens is 2. The second kappa shape index (κ2) is 8.83. The predicted molar refractivity (Wildman–Crippen MR) is 120 cm³/mol. The summed E-state index contributed by atoms with van der Waals surface area (Å²) < 4.78 is 0. The number of anilines is 1. The molecule has 4 rings (SSSR count). The number of thioether (sulfide) groups is 1. The van der Waals surface area contributed by atoms with Gasteiger partial charge in [0.1, 0.15) is 17.4 Å². The van der Waals surface area contributed by atoms with E-state index in [4.69, 9.17) is 0 Å². The lowest BCUT2D eigenvalue weighted by atomic mass is 10.0. The lowest BCUT2D eigenvalue weighted by Gasteiger charge is -2.13. The van der Waals surface area contributed by atoms with E-state index in [9.17, 15) is 9.59 Å². The second-order valence-electron chi connectivity index (χ2n) is 7.52. The molecule has 2 aromatic rings. The van der Waals surface area contributed by atoms with Gasteiger partial charge in [0.15, 0.2) is 0 Å². The van der Waals surface area contributed by atoms with Crippen molar-refractivity contribution in [1.29, 1.82) is 0 Å². The van der Waals surface area contributed by atoms with E-state index in [1.165, 1.54) is 30.2 Å². The molecule has 30 heavy (non-hydrogen) atoms. The Balaban J connectivity index is 1.41. The summed E-state index contributed by atoms with van der Waals surface area (Å²) in [6.45, 7) is 3.96. The molecule has 0 fully saturated rings. The molecule has 0 saturated heterocycles. The van der Waals surface area contributed by atoms with E-state index in [0.717, 1.165) is 35.2 Å². The van der Waals surface area contributed by atoms with Gasteiger partial charge in [-0.15, -0.1) is 11.8 Å². The van der Waals surface area contributed by atoms with Gasteiger partial charge in [0.05, 0.1) is 5.69 Å².